The summed E-state index contributed by atoms with van der Waals surface area (Å²) in [5.41, 5.74) is 0.933. The van der Waals surface area contributed by atoms with Gasteiger partial charge in [0, 0.05) is 9.35 Å². The van der Waals surface area contributed by atoms with E-state index < -0.39 is 0 Å². The topological polar surface area (TPSA) is 0 Å². The number of benzene rings is 1. The van der Waals surface area contributed by atoms with Crippen LogP contribution in [-0.2, 0) is 0 Å². The normalized spacial score (nSPS) is 12.8. The molecule has 0 spiro atoms. The van der Waals surface area contributed by atoms with Crippen molar-refractivity contribution in [3.8, 4) is 0 Å². The molecule has 0 N–H and O–H groups in total. The molecule has 17 heavy (non-hydrogen) atoms. The zero-order valence-corrected chi connectivity index (χ0v) is 14.4. The van der Waals surface area contributed by atoms with Gasteiger partial charge >= 0.3 is 0 Å². The molecule has 1 atom stereocenters. The number of hydrogen-bond donors (Lipinski definition) is 0. The molecule has 0 nitrogen and oxygen atoms in total. The van der Waals surface area contributed by atoms with E-state index in [9.17, 15) is 0 Å². The van der Waals surface area contributed by atoms with Gasteiger partial charge in [0.05, 0.1) is 19.2 Å². The van der Waals surface area contributed by atoms with Crippen molar-refractivity contribution in [2.75, 3.05) is 0 Å². The van der Waals surface area contributed by atoms with E-state index in [0.29, 0.717) is 10.0 Å². The van der Waals surface area contributed by atoms with Crippen molar-refractivity contribution in [3.63, 3.8) is 0 Å². The Hall–Kier alpha value is 0.750. The van der Waals surface area contributed by atoms with Crippen LogP contribution < -0.4 is 0 Å². The van der Waals surface area contributed by atoms with Gasteiger partial charge in [-0.2, -0.15) is 0 Å². The van der Waals surface area contributed by atoms with Crippen molar-refractivity contribution in [1.29, 1.82) is 0 Å². The third-order valence-corrected chi connectivity index (χ3v) is 6.83. The van der Waals surface area contributed by atoms with Crippen LogP contribution in [0.4, 0.5) is 0 Å². The minimum absolute atomic E-state index is 0.225. The average molecular weight is 435 g/mol. The first kappa shape index (κ1) is 14.2. The SMILES string of the molecule is Clc1ccc(C(Cl)c2cc(Br)c(Br)s2)cc1Cl. The number of rotatable bonds is 2. The van der Waals surface area contributed by atoms with E-state index >= 15 is 0 Å². The molecule has 0 radical (unpaired) electrons. The molecule has 90 valence electrons. The molecular formula is C11H5Br2Cl3S. The molecule has 2 aromatic rings. The molecule has 1 unspecified atom stereocenters. The molecular weight excluding hydrogens is 430 g/mol. The van der Waals surface area contributed by atoms with Crippen LogP contribution in [0, 0.1) is 0 Å². The van der Waals surface area contributed by atoms with E-state index in [1.54, 1.807) is 23.5 Å². The number of alkyl halides is 1. The zero-order chi connectivity index (χ0) is 12.6. The van der Waals surface area contributed by atoms with E-state index in [-0.39, 0.29) is 5.38 Å². The quantitative estimate of drug-likeness (QED) is 0.450. The van der Waals surface area contributed by atoms with Crippen LogP contribution in [0.3, 0.4) is 0 Å². The number of thiophene rings is 1. The van der Waals surface area contributed by atoms with E-state index in [2.05, 4.69) is 31.9 Å². The highest BCUT2D eigenvalue weighted by atomic mass is 79.9. The molecule has 2 rings (SSSR count). The summed E-state index contributed by atoms with van der Waals surface area (Å²) in [4.78, 5) is 1.05. The fourth-order valence-corrected chi connectivity index (χ4v) is 4.06. The molecule has 1 aromatic carbocycles. The molecule has 1 heterocycles. The maximum atomic E-state index is 6.41. The summed E-state index contributed by atoms with van der Waals surface area (Å²) in [6.07, 6.45) is 0. The first-order valence-electron chi connectivity index (χ1n) is 4.53. The van der Waals surface area contributed by atoms with Crippen molar-refractivity contribution in [2.45, 2.75) is 5.38 Å². The maximum absolute atomic E-state index is 6.41. The van der Waals surface area contributed by atoms with Crippen molar-refractivity contribution < 1.29 is 0 Å². The van der Waals surface area contributed by atoms with E-state index in [4.69, 9.17) is 34.8 Å². The van der Waals surface area contributed by atoms with Crippen molar-refractivity contribution in [3.05, 3.63) is 53.0 Å². The summed E-state index contributed by atoms with van der Waals surface area (Å²) < 4.78 is 2.03. The zero-order valence-electron chi connectivity index (χ0n) is 8.18. The Kier molecular flexibility index (Phi) is 4.84. The third kappa shape index (κ3) is 3.20. The van der Waals surface area contributed by atoms with Gasteiger partial charge in [0.2, 0.25) is 0 Å². The van der Waals surface area contributed by atoms with Crippen LogP contribution >= 0.6 is 78.0 Å². The Morgan fingerprint density at radius 1 is 1.06 bits per heavy atom. The molecule has 0 saturated carbocycles. The Labute approximate surface area is 135 Å². The predicted octanol–water partition coefficient (Wildman–Crippen LogP) is 6.91. The van der Waals surface area contributed by atoms with Crippen molar-refractivity contribution >= 4 is 78.0 Å². The van der Waals surface area contributed by atoms with Gasteiger partial charge in [-0.1, -0.05) is 29.3 Å². The summed E-state index contributed by atoms with van der Waals surface area (Å²) in [6.45, 7) is 0. The second-order valence-corrected chi connectivity index (χ2v) is 7.81. The van der Waals surface area contributed by atoms with E-state index in [1.165, 1.54) is 0 Å². The largest absolute Gasteiger partial charge is 0.130 e. The van der Waals surface area contributed by atoms with E-state index in [0.717, 1.165) is 18.7 Å². The van der Waals surface area contributed by atoms with Crippen LogP contribution in [0.1, 0.15) is 15.8 Å². The minimum Gasteiger partial charge on any atom is -0.130 e. The molecule has 0 aliphatic carbocycles. The Bertz CT molecular complexity index is 534. The lowest BCUT2D eigenvalue weighted by atomic mass is 10.1. The van der Waals surface area contributed by atoms with Crippen LogP contribution in [0.25, 0.3) is 0 Å². The van der Waals surface area contributed by atoms with Crippen LogP contribution in [0.2, 0.25) is 10.0 Å². The maximum Gasteiger partial charge on any atom is 0.0929 e. The van der Waals surface area contributed by atoms with Gasteiger partial charge in [0.15, 0.2) is 0 Å². The smallest absolute Gasteiger partial charge is 0.0929 e. The summed E-state index contributed by atoms with van der Waals surface area (Å²) in [6, 6.07) is 7.43. The van der Waals surface area contributed by atoms with Crippen LogP contribution in [0.15, 0.2) is 32.5 Å². The Morgan fingerprint density at radius 2 is 1.76 bits per heavy atom. The average Bonchev–Trinajstić information content (AvgIpc) is 2.62. The molecule has 6 heteroatoms. The fourth-order valence-electron chi connectivity index (χ4n) is 1.32. The Morgan fingerprint density at radius 3 is 2.29 bits per heavy atom. The second kappa shape index (κ2) is 5.81. The first-order valence-corrected chi connectivity index (χ1v) is 8.12. The molecule has 0 saturated heterocycles. The summed E-state index contributed by atoms with van der Waals surface area (Å²) in [7, 11) is 0. The lowest BCUT2D eigenvalue weighted by molar-refractivity contribution is 1.18. The van der Waals surface area contributed by atoms with Gasteiger partial charge in [0.25, 0.3) is 0 Å². The fraction of sp³-hybridized carbons (Fsp3) is 0.0909. The van der Waals surface area contributed by atoms with Gasteiger partial charge < -0.3 is 0 Å². The minimum atomic E-state index is -0.225. The molecule has 0 amide bonds. The highest BCUT2D eigenvalue weighted by Crippen LogP contribution is 2.41. The number of hydrogen-bond acceptors (Lipinski definition) is 1. The van der Waals surface area contributed by atoms with Crippen LogP contribution in [0.5, 0.6) is 0 Å². The lowest BCUT2D eigenvalue weighted by Crippen LogP contribution is -1.89. The van der Waals surface area contributed by atoms with Gasteiger partial charge in [-0.3, -0.25) is 0 Å². The summed E-state index contributed by atoms with van der Waals surface area (Å²) in [5, 5.41) is 0.828. The molecule has 0 bridgehead atoms. The van der Waals surface area contributed by atoms with Crippen molar-refractivity contribution in [1.82, 2.24) is 0 Å². The monoisotopic (exact) mass is 432 g/mol. The summed E-state index contributed by atoms with van der Waals surface area (Å²) >= 11 is 26.7. The number of halogens is 5. The highest BCUT2D eigenvalue weighted by Gasteiger charge is 2.16. The van der Waals surface area contributed by atoms with Gasteiger partial charge in [-0.05, 0) is 55.6 Å². The molecule has 0 aliphatic heterocycles. The third-order valence-electron chi connectivity index (χ3n) is 2.15. The second-order valence-electron chi connectivity index (χ2n) is 3.31. The van der Waals surface area contributed by atoms with Gasteiger partial charge in [-0.15, -0.1) is 22.9 Å². The lowest BCUT2D eigenvalue weighted by Gasteiger charge is -2.08. The van der Waals surface area contributed by atoms with Crippen LogP contribution in [-0.4, -0.2) is 0 Å². The highest BCUT2D eigenvalue weighted by molar-refractivity contribution is 9.13. The van der Waals surface area contributed by atoms with Gasteiger partial charge in [-0.25, -0.2) is 0 Å². The molecule has 0 fully saturated rings. The van der Waals surface area contributed by atoms with E-state index in [1.807, 2.05) is 12.1 Å². The first-order chi connectivity index (χ1) is 7.99. The predicted molar refractivity (Wildman–Crippen MR) is 83.9 cm³/mol. The summed E-state index contributed by atoms with van der Waals surface area (Å²) in [5.74, 6) is 0. The Balaban J connectivity index is 2.36. The molecule has 0 aliphatic rings. The van der Waals surface area contributed by atoms with Crippen molar-refractivity contribution in [2.24, 2.45) is 0 Å². The molecule has 1 aromatic heterocycles. The standard InChI is InChI=1S/C11H5Br2Cl3S/c12-6-4-9(17-11(6)13)10(16)5-1-2-7(14)8(15)3-5/h1-4,10H. The van der Waals surface area contributed by atoms with Gasteiger partial charge in [0.1, 0.15) is 0 Å².